The molecule has 2 aliphatic heterocycles. The van der Waals surface area contributed by atoms with E-state index in [9.17, 15) is 9.18 Å². The summed E-state index contributed by atoms with van der Waals surface area (Å²) in [6.45, 7) is 3.42. The Kier molecular flexibility index (Phi) is 5.37. The van der Waals surface area contributed by atoms with E-state index in [1.165, 1.54) is 24.8 Å². The number of ether oxygens (including phenoxy) is 1. The normalized spacial score (nSPS) is 27.2. The Labute approximate surface area is 173 Å². The van der Waals surface area contributed by atoms with Crippen LogP contribution in [0.2, 0.25) is 0 Å². The summed E-state index contributed by atoms with van der Waals surface area (Å²) in [5.74, 6) is 0.513. The molecule has 1 atom stereocenters. The molecule has 4 fully saturated rings. The summed E-state index contributed by atoms with van der Waals surface area (Å²) in [4.78, 5) is 17.4. The fourth-order valence-electron chi connectivity index (χ4n) is 5.44. The number of rotatable bonds is 5. The minimum Gasteiger partial charge on any atom is -0.375 e. The predicted molar refractivity (Wildman–Crippen MR) is 110 cm³/mol. The van der Waals surface area contributed by atoms with Crippen LogP contribution in [0.3, 0.4) is 0 Å². The molecule has 4 nitrogen and oxygen atoms in total. The molecule has 158 valence electrons. The highest BCUT2D eigenvalue weighted by Crippen LogP contribution is 2.41. The molecule has 0 radical (unpaired) electrons. The smallest absolute Gasteiger partial charge is 0.225 e. The maximum Gasteiger partial charge on any atom is 0.225 e. The topological polar surface area (TPSA) is 32.8 Å². The van der Waals surface area contributed by atoms with Gasteiger partial charge >= 0.3 is 0 Å². The van der Waals surface area contributed by atoms with E-state index in [1.807, 2.05) is 12.1 Å². The average Bonchev–Trinajstić information content (AvgIpc) is 3.52. The van der Waals surface area contributed by atoms with Crippen LogP contribution in [-0.4, -0.2) is 53.1 Å². The molecule has 1 aromatic carbocycles. The van der Waals surface area contributed by atoms with Gasteiger partial charge in [-0.3, -0.25) is 9.69 Å². The van der Waals surface area contributed by atoms with E-state index in [2.05, 4.69) is 9.80 Å². The van der Waals surface area contributed by atoms with Gasteiger partial charge in [-0.1, -0.05) is 18.6 Å². The molecule has 1 aromatic rings. The minimum atomic E-state index is -0.167. The summed E-state index contributed by atoms with van der Waals surface area (Å²) in [6.07, 6.45) is 10.0. The summed E-state index contributed by atoms with van der Waals surface area (Å²) in [5, 5.41) is 0. The van der Waals surface area contributed by atoms with E-state index in [-0.39, 0.29) is 11.4 Å². The molecular weight excluding hydrogens is 367 g/mol. The van der Waals surface area contributed by atoms with Crippen LogP contribution in [0.4, 0.5) is 4.39 Å². The third-order valence-electron chi connectivity index (χ3n) is 7.67. The van der Waals surface area contributed by atoms with Crippen molar-refractivity contribution in [3.05, 3.63) is 35.6 Å². The van der Waals surface area contributed by atoms with Crippen molar-refractivity contribution in [1.82, 2.24) is 9.80 Å². The number of hydrogen-bond donors (Lipinski definition) is 0. The predicted octanol–water partition coefficient (Wildman–Crippen LogP) is 4.13. The Bertz CT molecular complexity index is 721. The lowest BCUT2D eigenvalue weighted by Crippen LogP contribution is -2.55. The summed E-state index contributed by atoms with van der Waals surface area (Å²) >= 11 is 0. The van der Waals surface area contributed by atoms with Crippen molar-refractivity contribution in [1.29, 1.82) is 0 Å². The lowest BCUT2D eigenvalue weighted by Gasteiger charge is -2.49. The van der Waals surface area contributed by atoms with Crippen LogP contribution >= 0.6 is 0 Å². The van der Waals surface area contributed by atoms with Gasteiger partial charge in [-0.2, -0.15) is 0 Å². The molecular formula is C24H33FN2O2. The van der Waals surface area contributed by atoms with Gasteiger partial charge in [-0.25, -0.2) is 4.39 Å². The lowest BCUT2D eigenvalue weighted by molar-refractivity contribution is -0.154. The zero-order valence-electron chi connectivity index (χ0n) is 17.3. The standard InChI is InChI=1S/C24H33FN2O2/c25-20-6-4-18(5-7-20)17-27(21-8-9-21)22-10-15-29-24(16-22)11-13-26(14-12-24)23(28)19-2-1-3-19/h4-7,19,21-22H,1-3,8-17H2. The summed E-state index contributed by atoms with van der Waals surface area (Å²) in [6, 6.07) is 8.17. The molecule has 1 unspecified atom stereocenters. The number of carbonyl (C=O) groups excluding carboxylic acids is 1. The maximum absolute atomic E-state index is 13.3. The second kappa shape index (κ2) is 7.99. The van der Waals surface area contributed by atoms with Crippen LogP contribution < -0.4 is 0 Å². The number of likely N-dealkylation sites (tertiary alicyclic amines) is 1. The Balaban J connectivity index is 1.22. The Morgan fingerprint density at radius 1 is 1.07 bits per heavy atom. The van der Waals surface area contributed by atoms with E-state index < -0.39 is 0 Å². The monoisotopic (exact) mass is 400 g/mol. The molecule has 0 bridgehead atoms. The van der Waals surface area contributed by atoms with Crippen LogP contribution in [0.1, 0.15) is 63.4 Å². The van der Waals surface area contributed by atoms with Crippen LogP contribution in [0.25, 0.3) is 0 Å². The van der Waals surface area contributed by atoms with E-state index in [0.29, 0.717) is 23.9 Å². The maximum atomic E-state index is 13.3. The van der Waals surface area contributed by atoms with Gasteiger partial charge in [0.2, 0.25) is 5.91 Å². The fraction of sp³-hybridized carbons (Fsp3) is 0.708. The molecule has 2 heterocycles. The van der Waals surface area contributed by atoms with E-state index in [1.54, 1.807) is 12.1 Å². The largest absolute Gasteiger partial charge is 0.375 e. The second-order valence-corrected chi connectivity index (χ2v) is 9.66. The molecule has 0 N–H and O–H groups in total. The first kappa shape index (κ1) is 19.5. The second-order valence-electron chi connectivity index (χ2n) is 9.66. The Morgan fingerprint density at radius 2 is 1.79 bits per heavy atom. The molecule has 2 saturated heterocycles. The lowest BCUT2D eigenvalue weighted by atomic mass is 9.80. The molecule has 0 aromatic heterocycles. The zero-order chi connectivity index (χ0) is 19.8. The van der Waals surface area contributed by atoms with Gasteiger partial charge in [0, 0.05) is 44.2 Å². The van der Waals surface area contributed by atoms with Crippen molar-refractivity contribution < 1.29 is 13.9 Å². The van der Waals surface area contributed by atoms with E-state index in [4.69, 9.17) is 4.74 Å². The number of benzene rings is 1. The van der Waals surface area contributed by atoms with Gasteiger partial charge in [0.15, 0.2) is 0 Å². The van der Waals surface area contributed by atoms with Gasteiger partial charge in [-0.05, 0) is 69.1 Å². The molecule has 2 aliphatic carbocycles. The third-order valence-corrected chi connectivity index (χ3v) is 7.67. The first-order chi connectivity index (χ1) is 14.1. The minimum absolute atomic E-state index is 0.0603. The van der Waals surface area contributed by atoms with Gasteiger partial charge in [0.05, 0.1) is 5.60 Å². The molecule has 2 saturated carbocycles. The van der Waals surface area contributed by atoms with Crippen LogP contribution in [0, 0.1) is 11.7 Å². The number of amides is 1. The SMILES string of the molecule is O=C(C1CCC1)N1CCC2(CC1)CC(N(Cc1ccc(F)cc1)C1CC1)CCO2. The Morgan fingerprint density at radius 3 is 2.41 bits per heavy atom. The number of nitrogens with zero attached hydrogens (tertiary/aromatic N) is 2. The first-order valence-electron chi connectivity index (χ1n) is 11.5. The van der Waals surface area contributed by atoms with E-state index in [0.717, 1.165) is 64.8 Å². The summed E-state index contributed by atoms with van der Waals surface area (Å²) < 4.78 is 19.7. The van der Waals surface area contributed by atoms with Crippen LogP contribution in [-0.2, 0) is 16.1 Å². The van der Waals surface area contributed by atoms with Crippen molar-refractivity contribution in [2.75, 3.05) is 19.7 Å². The summed E-state index contributed by atoms with van der Waals surface area (Å²) in [5.41, 5.74) is 1.13. The van der Waals surface area contributed by atoms with Crippen molar-refractivity contribution in [2.24, 2.45) is 5.92 Å². The molecule has 4 aliphatic rings. The molecule has 5 heteroatoms. The number of hydrogen-bond acceptors (Lipinski definition) is 3. The van der Waals surface area contributed by atoms with Crippen LogP contribution in [0.5, 0.6) is 0 Å². The highest BCUT2D eigenvalue weighted by molar-refractivity contribution is 5.79. The molecule has 1 spiro atoms. The Hall–Kier alpha value is -1.46. The summed E-state index contributed by atoms with van der Waals surface area (Å²) in [7, 11) is 0. The van der Waals surface area contributed by atoms with Gasteiger partial charge < -0.3 is 9.64 Å². The van der Waals surface area contributed by atoms with Crippen molar-refractivity contribution in [2.45, 2.75) is 82.0 Å². The van der Waals surface area contributed by atoms with Crippen molar-refractivity contribution in [3.63, 3.8) is 0 Å². The van der Waals surface area contributed by atoms with Gasteiger partial charge in [0.25, 0.3) is 0 Å². The highest BCUT2D eigenvalue weighted by Gasteiger charge is 2.45. The van der Waals surface area contributed by atoms with Crippen molar-refractivity contribution >= 4 is 5.91 Å². The first-order valence-corrected chi connectivity index (χ1v) is 11.5. The highest BCUT2D eigenvalue weighted by atomic mass is 19.1. The van der Waals surface area contributed by atoms with E-state index >= 15 is 0 Å². The van der Waals surface area contributed by atoms with Gasteiger partial charge in [-0.15, -0.1) is 0 Å². The molecule has 1 amide bonds. The van der Waals surface area contributed by atoms with Gasteiger partial charge in [0.1, 0.15) is 5.82 Å². The number of piperidine rings is 1. The third kappa shape index (κ3) is 4.22. The molecule has 5 rings (SSSR count). The quantitative estimate of drug-likeness (QED) is 0.745. The van der Waals surface area contributed by atoms with Crippen molar-refractivity contribution in [3.8, 4) is 0 Å². The fourth-order valence-corrected chi connectivity index (χ4v) is 5.44. The molecule has 29 heavy (non-hydrogen) atoms. The average molecular weight is 401 g/mol. The van der Waals surface area contributed by atoms with Crippen LogP contribution in [0.15, 0.2) is 24.3 Å². The zero-order valence-corrected chi connectivity index (χ0v) is 17.3. The number of carbonyl (C=O) groups is 1. The number of halogens is 1.